The van der Waals surface area contributed by atoms with Gasteiger partial charge in [0.2, 0.25) is 0 Å². The van der Waals surface area contributed by atoms with Gasteiger partial charge in [-0.05, 0) is 12.1 Å². The third kappa shape index (κ3) is 2.81. The highest BCUT2D eigenvalue weighted by Gasteiger charge is 2.20. The largest absolute Gasteiger partial charge is 0.368 e. The molecule has 20 heavy (non-hydrogen) atoms. The maximum absolute atomic E-state index is 6.10. The molecule has 0 bridgehead atoms. The molecule has 0 amide bonds. The molecule has 2 heterocycles. The molecular weight excluding hydrogens is 295 g/mol. The van der Waals surface area contributed by atoms with E-state index in [4.69, 9.17) is 23.2 Å². The van der Waals surface area contributed by atoms with E-state index in [1.54, 1.807) is 6.07 Å². The number of hydrogen-bond acceptors (Lipinski definition) is 4. The second-order valence-electron chi connectivity index (χ2n) is 4.65. The first-order valence-electron chi connectivity index (χ1n) is 6.48. The maximum atomic E-state index is 6.10. The maximum Gasteiger partial charge on any atom is 0.175 e. The summed E-state index contributed by atoms with van der Waals surface area (Å²) >= 11 is 12.0. The molecule has 0 N–H and O–H groups in total. The van der Waals surface area contributed by atoms with Crippen LogP contribution in [0, 0.1) is 0 Å². The minimum atomic E-state index is 0.370. The Balaban J connectivity index is 1.71. The normalized spacial score (nSPS) is 15.5. The summed E-state index contributed by atoms with van der Waals surface area (Å²) in [6.45, 7) is 3.66. The molecule has 0 radical (unpaired) electrons. The van der Waals surface area contributed by atoms with Crippen LogP contribution in [0.5, 0.6) is 0 Å². The lowest BCUT2D eigenvalue weighted by Gasteiger charge is -2.37. The monoisotopic (exact) mass is 308 g/mol. The molecule has 3 rings (SSSR count). The third-order valence-corrected chi connectivity index (χ3v) is 3.90. The standard InChI is InChI=1S/C14H14Cl2N4/c15-13-10-12(14(16)18-17-13)20-8-6-19(7-9-20)11-4-2-1-3-5-11/h1-5,10H,6-9H2. The summed E-state index contributed by atoms with van der Waals surface area (Å²) in [5.74, 6) is 0. The van der Waals surface area contributed by atoms with Crippen LogP contribution in [0.3, 0.4) is 0 Å². The SMILES string of the molecule is Clc1cc(N2CCN(c3ccccc3)CC2)c(Cl)nn1. The molecule has 1 fully saturated rings. The van der Waals surface area contributed by atoms with Crippen molar-refractivity contribution in [3.8, 4) is 0 Å². The Bertz CT molecular complexity index is 583. The van der Waals surface area contributed by atoms with Gasteiger partial charge < -0.3 is 9.80 Å². The van der Waals surface area contributed by atoms with Gasteiger partial charge in [0.25, 0.3) is 0 Å². The predicted molar refractivity (Wildman–Crippen MR) is 82.9 cm³/mol. The molecule has 1 saturated heterocycles. The summed E-state index contributed by atoms with van der Waals surface area (Å²) in [6.07, 6.45) is 0. The van der Waals surface area contributed by atoms with Crippen molar-refractivity contribution < 1.29 is 0 Å². The summed E-state index contributed by atoms with van der Waals surface area (Å²) in [5.41, 5.74) is 2.11. The Morgan fingerprint density at radius 2 is 1.50 bits per heavy atom. The van der Waals surface area contributed by atoms with Crippen molar-refractivity contribution in [2.24, 2.45) is 0 Å². The highest BCUT2D eigenvalue weighted by Crippen LogP contribution is 2.27. The highest BCUT2D eigenvalue weighted by molar-refractivity contribution is 6.33. The first-order valence-corrected chi connectivity index (χ1v) is 7.23. The molecule has 0 unspecified atom stereocenters. The van der Waals surface area contributed by atoms with E-state index in [-0.39, 0.29) is 0 Å². The van der Waals surface area contributed by atoms with Crippen LogP contribution in [0.1, 0.15) is 0 Å². The fraction of sp³-hybridized carbons (Fsp3) is 0.286. The van der Waals surface area contributed by atoms with Crippen molar-refractivity contribution in [3.63, 3.8) is 0 Å². The Kier molecular flexibility index (Phi) is 3.94. The molecule has 0 atom stereocenters. The topological polar surface area (TPSA) is 32.3 Å². The zero-order valence-electron chi connectivity index (χ0n) is 10.8. The number of para-hydroxylation sites is 1. The number of rotatable bonds is 2. The first kappa shape index (κ1) is 13.5. The van der Waals surface area contributed by atoms with E-state index in [2.05, 4.69) is 44.3 Å². The zero-order valence-corrected chi connectivity index (χ0v) is 12.3. The molecule has 0 saturated carbocycles. The fourth-order valence-electron chi connectivity index (χ4n) is 2.41. The number of halogens is 2. The summed E-state index contributed by atoms with van der Waals surface area (Å²) in [6, 6.07) is 12.2. The average Bonchev–Trinajstić information content (AvgIpc) is 2.51. The van der Waals surface area contributed by atoms with Gasteiger partial charge in [0, 0.05) is 37.9 Å². The fourth-order valence-corrected chi connectivity index (χ4v) is 2.76. The van der Waals surface area contributed by atoms with Crippen molar-refractivity contribution in [1.29, 1.82) is 0 Å². The lowest BCUT2D eigenvalue weighted by molar-refractivity contribution is 0.652. The van der Waals surface area contributed by atoms with Crippen LogP contribution in [0.2, 0.25) is 10.3 Å². The molecule has 1 aliphatic heterocycles. The van der Waals surface area contributed by atoms with Crippen LogP contribution in [0.15, 0.2) is 36.4 Å². The van der Waals surface area contributed by atoms with Gasteiger partial charge in [0.15, 0.2) is 10.3 Å². The number of benzene rings is 1. The van der Waals surface area contributed by atoms with E-state index in [1.165, 1.54) is 5.69 Å². The van der Waals surface area contributed by atoms with Crippen molar-refractivity contribution in [3.05, 3.63) is 46.7 Å². The minimum absolute atomic E-state index is 0.370. The predicted octanol–water partition coefficient (Wildman–Crippen LogP) is 3.11. The van der Waals surface area contributed by atoms with Gasteiger partial charge in [-0.3, -0.25) is 0 Å². The van der Waals surface area contributed by atoms with Crippen molar-refractivity contribution in [2.75, 3.05) is 36.0 Å². The van der Waals surface area contributed by atoms with Crippen LogP contribution >= 0.6 is 23.2 Å². The second-order valence-corrected chi connectivity index (χ2v) is 5.40. The highest BCUT2D eigenvalue weighted by atomic mass is 35.5. The number of anilines is 2. The summed E-state index contributed by atoms with van der Waals surface area (Å²) < 4.78 is 0. The van der Waals surface area contributed by atoms with Gasteiger partial charge >= 0.3 is 0 Å². The van der Waals surface area contributed by atoms with Crippen LogP contribution in [-0.4, -0.2) is 36.4 Å². The van der Waals surface area contributed by atoms with Crippen LogP contribution in [-0.2, 0) is 0 Å². The number of nitrogens with zero attached hydrogens (tertiary/aromatic N) is 4. The molecule has 0 spiro atoms. The van der Waals surface area contributed by atoms with Gasteiger partial charge in [-0.25, -0.2) is 0 Å². The third-order valence-electron chi connectivity index (χ3n) is 3.44. The van der Waals surface area contributed by atoms with Gasteiger partial charge in [-0.15, -0.1) is 10.2 Å². The van der Waals surface area contributed by atoms with Crippen molar-refractivity contribution >= 4 is 34.6 Å². The van der Waals surface area contributed by atoms with E-state index in [1.807, 2.05) is 6.07 Å². The van der Waals surface area contributed by atoms with Crippen molar-refractivity contribution in [1.82, 2.24) is 10.2 Å². The van der Waals surface area contributed by atoms with E-state index < -0.39 is 0 Å². The zero-order chi connectivity index (χ0) is 13.9. The van der Waals surface area contributed by atoms with Crippen LogP contribution in [0.25, 0.3) is 0 Å². The Morgan fingerprint density at radius 1 is 0.850 bits per heavy atom. The molecule has 1 aromatic heterocycles. The summed E-state index contributed by atoms with van der Waals surface area (Å²) in [7, 11) is 0. The molecule has 6 heteroatoms. The lowest BCUT2D eigenvalue weighted by atomic mass is 10.2. The first-order chi connectivity index (χ1) is 9.74. The molecular formula is C14H14Cl2N4. The smallest absolute Gasteiger partial charge is 0.175 e. The van der Waals surface area contributed by atoms with Gasteiger partial charge in [-0.1, -0.05) is 41.4 Å². The average molecular weight is 309 g/mol. The number of aromatic nitrogens is 2. The second kappa shape index (κ2) is 5.85. The quantitative estimate of drug-likeness (QED) is 0.853. The summed E-state index contributed by atoms with van der Waals surface area (Å²) in [5, 5.41) is 8.38. The van der Waals surface area contributed by atoms with E-state index in [0.29, 0.717) is 10.3 Å². The number of piperazine rings is 1. The minimum Gasteiger partial charge on any atom is -0.368 e. The van der Waals surface area contributed by atoms with Crippen molar-refractivity contribution in [2.45, 2.75) is 0 Å². The molecule has 104 valence electrons. The Morgan fingerprint density at radius 3 is 2.20 bits per heavy atom. The Labute approximate surface area is 127 Å². The molecule has 1 aromatic carbocycles. The molecule has 1 aliphatic rings. The van der Waals surface area contributed by atoms with E-state index in [9.17, 15) is 0 Å². The van der Waals surface area contributed by atoms with E-state index in [0.717, 1.165) is 31.9 Å². The summed E-state index contributed by atoms with van der Waals surface area (Å²) in [4.78, 5) is 4.56. The van der Waals surface area contributed by atoms with Gasteiger partial charge in [0.05, 0.1) is 5.69 Å². The molecule has 2 aromatic rings. The molecule has 4 nitrogen and oxygen atoms in total. The Hall–Kier alpha value is -1.52. The van der Waals surface area contributed by atoms with Crippen LogP contribution < -0.4 is 9.80 Å². The molecule has 0 aliphatic carbocycles. The lowest BCUT2D eigenvalue weighted by Crippen LogP contribution is -2.46. The number of hydrogen-bond donors (Lipinski definition) is 0. The van der Waals surface area contributed by atoms with Gasteiger partial charge in [-0.2, -0.15) is 0 Å². The van der Waals surface area contributed by atoms with Crippen LogP contribution in [0.4, 0.5) is 11.4 Å². The van der Waals surface area contributed by atoms with E-state index >= 15 is 0 Å². The van der Waals surface area contributed by atoms with Gasteiger partial charge in [0.1, 0.15) is 0 Å².